The Hall–Kier alpha value is -2.08. The topological polar surface area (TPSA) is 108 Å². The standard InChI is InChI=1S/C12H11O4P.CH4N2S/c13-17(14,15-11-7-3-1-4-8-11)16-12-9-5-2-6-10-12;2-1(3)4/h1-10H,(H,13,14);(H4,2,3,4). The molecule has 0 amide bonds. The number of hydrogen-bond donors (Lipinski definition) is 3. The van der Waals surface area contributed by atoms with Gasteiger partial charge in [-0.05, 0) is 36.5 Å². The Labute approximate surface area is 127 Å². The average Bonchev–Trinajstić information content (AvgIpc) is 2.39. The van der Waals surface area contributed by atoms with Gasteiger partial charge >= 0.3 is 7.82 Å². The van der Waals surface area contributed by atoms with Gasteiger partial charge in [0.2, 0.25) is 0 Å². The maximum atomic E-state index is 11.7. The maximum absolute atomic E-state index is 11.7. The molecule has 0 bridgehead atoms. The molecule has 0 aliphatic rings. The van der Waals surface area contributed by atoms with E-state index in [9.17, 15) is 9.46 Å². The highest BCUT2D eigenvalue weighted by atomic mass is 32.1. The fraction of sp³-hybridized carbons (Fsp3) is 0. The van der Waals surface area contributed by atoms with Crippen molar-refractivity contribution < 1.29 is 18.5 Å². The molecule has 0 heterocycles. The third kappa shape index (κ3) is 7.94. The number of para-hydroxylation sites is 2. The summed E-state index contributed by atoms with van der Waals surface area (Å²) in [6.45, 7) is 0. The minimum Gasteiger partial charge on any atom is -0.395 e. The number of rotatable bonds is 4. The van der Waals surface area contributed by atoms with Gasteiger partial charge < -0.3 is 20.5 Å². The van der Waals surface area contributed by atoms with Gasteiger partial charge in [-0.1, -0.05) is 36.4 Å². The number of nitrogens with two attached hydrogens (primary N) is 2. The van der Waals surface area contributed by atoms with Crippen molar-refractivity contribution in [1.82, 2.24) is 0 Å². The lowest BCUT2D eigenvalue weighted by Crippen LogP contribution is -2.18. The summed E-state index contributed by atoms with van der Waals surface area (Å²) in [7, 11) is -4.14. The van der Waals surface area contributed by atoms with Gasteiger partial charge in [0.15, 0.2) is 5.11 Å². The molecule has 21 heavy (non-hydrogen) atoms. The lowest BCUT2D eigenvalue weighted by Gasteiger charge is -2.13. The van der Waals surface area contributed by atoms with Crippen LogP contribution in [-0.2, 0) is 4.57 Å². The molecule has 0 saturated carbocycles. The van der Waals surface area contributed by atoms with Crippen LogP contribution >= 0.6 is 20.0 Å². The zero-order chi connectivity index (χ0) is 15.7. The normalized spacial score (nSPS) is 9.95. The van der Waals surface area contributed by atoms with Crippen molar-refractivity contribution in [2.24, 2.45) is 11.5 Å². The fourth-order valence-electron chi connectivity index (χ4n) is 1.25. The van der Waals surface area contributed by atoms with Crippen LogP contribution in [0, 0.1) is 0 Å². The van der Waals surface area contributed by atoms with Crippen LogP contribution in [0.5, 0.6) is 11.5 Å². The first-order chi connectivity index (χ1) is 9.89. The SMILES string of the molecule is NC(N)=S.O=P(O)(Oc1ccccc1)Oc1ccccc1. The van der Waals surface area contributed by atoms with Crippen molar-refractivity contribution in [3.05, 3.63) is 60.7 Å². The van der Waals surface area contributed by atoms with Crippen LogP contribution in [0.1, 0.15) is 0 Å². The van der Waals surface area contributed by atoms with Crippen molar-refractivity contribution in [2.75, 3.05) is 0 Å². The fourth-order valence-corrected chi connectivity index (χ4v) is 2.06. The van der Waals surface area contributed by atoms with Crippen LogP contribution < -0.4 is 20.5 Å². The predicted molar refractivity (Wildman–Crippen MR) is 84.9 cm³/mol. The molecule has 2 aromatic carbocycles. The van der Waals surface area contributed by atoms with Crippen molar-refractivity contribution >= 4 is 25.2 Å². The van der Waals surface area contributed by atoms with Gasteiger partial charge in [-0.25, -0.2) is 4.57 Å². The lowest BCUT2D eigenvalue weighted by atomic mass is 10.3. The van der Waals surface area contributed by atoms with E-state index in [1.165, 1.54) is 0 Å². The van der Waals surface area contributed by atoms with E-state index >= 15 is 0 Å². The van der Waals surface area contributed by atoms with E-state index in [1.807, 2.05) is 0 Å². The Bertz CT molecular complexity index is 561. The van der Waals surface area contributed by atoms with Gasteiger partial charge in [-0.15, -0.1) is 0 Å². The van der Waals surface area contributed by atoms with E-state index < -0.39 is 7.82 Å². The second kappa shape index (κ2) is 8.26. The Morgan fingerprint density at radius 1 is 0.905 bits per heavy atom. The second-order valence-corrected chi connectivity index (χ2v) is 5.45. The Morgan fingerprint density at radius 3 is 1.48 bits per heavy atom. The summed E-state index contributed by atoms with van der Waals surface area (Å²) >= 11 is 4.09. The summed E-state index contributed by atoms with van der Waals surface area (Å²) < 4.78 is 21.5. The average molecular weight is 326 g/mol. The predicted octanol–water partition coefficient (Wildman–Crippen LogP) is 2.43. The second-order valence-electron chi connectivity index (χ2n) is 3.68. The number of phosphoric ester groups is 1. The molecule has 0 atom stereocenters. The first-order valence-electron chi connectivity index (χ1n) is 5.76. The van der Waals surface area contributed by atoms with Gasteiger partial charge in [-0.2, -0.15) is 0 Å². The van der Waals surface area contributed by atoms with Crippen LogP contribution in [0.25, 0.3) is 0 Å². The van der Waals surface area contributed by atoms with E-state index in [0.29, 0.717) is 0 Å². The highest BCUT2D eigenvalue weighted by Crippen LogP contribution is 2.43. The molecular formula is C13H15N2O4PS. The number of benzene rings is 2. The van der Waals surface area contributed by atoms with Crippen LogP contribution in [0.15, 0.2) is 60.7 Å². The van der Waals surface area contributed by atoms with Crippen LogP contribution in [0.3, 0.4) is 0 Å². The molecule has 0 spiro atoms. The molecule has 0 aliphatic heterocycles. The van der Waals surface area contributed by atoms with E-state index in [0.717, 1.165) is 0 Å². The van der Waals surface area contributed by atoms with Gasteiger partial charge in [0.25, 0.3) is 0 Å². The zero-order valence-corrected chi connectivity index (χ0v) is 12.7. The maximum Gasteiger partial charge on any atom is 0.584 e. The highest BCUT2D eigenvalue weighted by Gasteiger charge is 2.24. The summed E-state index contributed by atoms with van der Waals surface area (Å²) in [6, 6.07) is 16.7. The minimum atomic E-state index is -4.14. The molecule has 2 aromatic rings. The van der Waals surface area contributed by atoms with E-state index in [4.69, 9.17) is 9.05 Å². The van der Waals surface area contributed by atoms with E-state index in [-0.39, 0.29) is 16.6 Å². The molecule has 8 heteroatoms. The molecule has 0 unspecified atom stereocenters. The molecular weight excluding hydrogens is 311 g/mol. The van der Waals surface area contributed by atoms with Crippen molar-refractivity contribution in [3.8, 4) is 11.5 Å². The third-order valence-corrected chi connectivity index (χ3v) is 2.81. The monoisotopic (exact) mass is 326 g/mol. The minimum absolute atomic E-state index is 0.000000000000000222. The van der Waals surface area contributed by atoms with E-state index in [2.05, 4.69) is 23.7 Å². The molecule has 0 saturated heterocycles. The van der Waals surface area contributed by atoms with Gasteiger partial charge in [0.1, 0.15) is 11.5 Å². The first-order valence-corrected chi connectivity index (χ1v) is 7.66. The van der Waals surface area contributed by atoms with Gasteiger partial charge in [0, 0.05) is 0 Å². The molecule has 0 aliphatic carbocycles. The summed E-state index contributed by atoms with van der Waals surface area (Å²) in [5, 5.41) is 0.000000000000000222. The Balaban J connectivity index is 0.000000491. The summed E-state index contributed by atoms with van der Waals surface area (Å²) in [5.41, 5.74) is 9.24. The summed E-state index contributed by atoms with van der Waals surface area (Å²) in [5.74, 6) is 0.573. The van der Waals surface area contributed by atoms with Crippen molar-refractivity contribution in [3.63, 3.8) is 0 Å². The molecule has 6 nitrogen and oxygen atoms in total. The zero-order valence-electron chi connectivity index (χ0n) is 11.0. The largest absolute Gasteiger partial charge is 0.584 e. The van der Waals surface area contributed by atoms with Crippen molar-refractivity contribution in [2.45, 2.75) is 0 Å². The highest BCUT2D eigenvalue weighted by molar-refractivity contribution is 7.80. The first kappa shape index (κ1) is 17.0. The number of hydrogen-bond acceptors (Lipinski definition) is 4. The Morgan fingerprint density at radius 2 is 1.19 bits per heavy atom. The molecule has 112 valence electrons. The van der Waals surface area contributed by atoms with E-state index in [1.54, 1.807) is 60.7 Å². The molecule has 5 N–H and O–H groups in total. The number of thiocarbonyl (C=S) groups is 1. The van der Waals surface area contributed by atoms with Gasteiger partial charge in [-0.3, -0.25) is 4.89 Å². The number of phosphoric acid groups is 1. The van der Waals surface area contributed by atoms with Crippen LogP contribution in [0.4, 0.5) is 0 Å². The molecule has 0 aromatic heterocycles. The molecule has 0 fully saturated rings. The smallest absolute Gasteiger partial charge is 0.395 e. The molecule has 2 rings (SSSR count). The van der Waals surface area contributed by atoms with Crippen molar-refractivity contribution in [1.29, 1.82) is 0 Å². The quantitative estimate of drug-likeness (QED) is 0.585. The van der Waals surface area contributed by atoms with Crippen LogP contribution in [-0.4, -0.2) is 10.0 Å². The Kier molecular flexibility index (Phi) is 6.68. The third-order valence-electron chi connectivity index (χ3n) is 1.93. The summed E-state index contributed by atoms with van der Waals surface area (Å²) in [6.07, 6.45) is 0. The van der Waals surface area contributed by atoms with Gasteiger partial charge in [0.05, 0.1) is 0 Å². The lowest BCUT2D eigenvalue weighted by molar-refractivity contribution is 0.291. The summed E-state index contributed by atoms with van der Waals surface area (Å²) in [4.78, 5) is 9.53. The van der Waals surface area contributed by atoms with Crippen LogP contribution in [0.2, 0.25) is 0 Å². The molecule has 0 radical (unpaired) electrons.